The first kappa shape index (κ1) is 11.6. The highest BCUT2D eigenvalue weighted by molar-refractivity contribution is 7.55. The summed E-state index contributed by atoms with van der Waals surface area (Å²) in [7, 11) is -0.0967. The standard InChI is InChI=1S/C9H18NOP/c1-5-12(6-2)10-8(3)7-9(4)11/h7,10H,5-6H2,1-4H3/b8-7-. The molecule has 0 unspecified atom stereocenters. The summed E-state index contributed by atoms with van der Waals surface area (Å²) in [6.07, 6.45) is 3.98. The van der Waals surface area contributed by atoms with Crippen LogP contribution in [0.4, 0.5) is 0 Å². The maximum Gasteiger partial charge on any atom is 0.154 e. The molecule has 0 fully saturated rings. The quantitative estimate of drug-likeness (QED) is 0.529. The van der Waals surface area contributed by atoms with Crippen molar-refractivity contribution < 1.29 is 4.79 Å². The van der Waals surface area contributed by atoms with Crippen LogP contribution in [0.15, 0.2) is 11.8 Å². The highest BCUT2D eigenvalue weighted by atomic mass is 31.1. The van der Waals surface area contributed by atoms with E-state index < -0.39 is 0 Å². The summed E-state index contributed by atoms with van der Waals surface area (Å²) in [5, 5.41) is 3.35. The molecule has 0 aromatic rings. The average Bonchev–Trinajstić information content (AvgIpc) is 1.98. The van der Waals surface area contributed by atoms with E-state index in [4.69, 9.17) is 0 Å². The summed E-state index contributed by atoms with van der Waals surface area (Å²) < 4.78 is 0. The summed E-state index contributed by atoms with van der Waals surface area (Å²) in [5.41, 5.74) is 0.998. The molecule has 0 aliphatic heterocycles. The number of nitrogens with one attached hydrogen (secondary N) is 1. The molecule has 0 aliphatic carbocycles. The van der Waals surface area contributed by atoms with E-state index >= 15 is 0 Å². The van der Waals surface area contributed by atoms with Crippen molar-refractivity contribution in [3.8, 4) is 0 Å². The van der Waals surface area contributed by atoms with E-state index in [1.54, 1.807) is 13.0 Å². The molecule has 0 heterocycles. The van der Waals surface area contributed by atoms with Crippen LogP contribution in [0.3, 0.4) is 0 Å². The van der Waals surface area contributed by atoms with Crippen LogP contribution >= 0.6 is 8.07 Å². The van der Waals surface area contributed by atoms with Crippen molar-refractivity contribution in [1.82, 2.24) is 5.09 Å². The van der Waals surface area contributed by atoms with E-state index in [0.717, 1.165) is 18.0 Å². The van der Waals surface area contributed by atoms with Crippen LogP contribution < -0.4 is 5.09 Å². The number of allylic oxidation sites excluding steroid dienone is 2. The molecule has 0 aromatic heterocycles. The van der Waals surface area contributed by atoms with Crippen LogP contribution in [0.1, 0.15) is 27.7 Å². The van der Waals surface area contributed by atoms with Gasteiger partial charge in [0, 0.05) is 5.70 Å². The molecule has 12 heavy (non-hydrogen) atoms. The van der Waals surface area contributed by atoms with Gasteiger partial charge in [0.1, 0.15) is 0 Å². The number of rotatable bonds is 5. The average molecular weight is 187 g/mol. The normalized spacial score (nSPS) is 11.9. The molecule has 0 saturated carbocycles. The third kappa shape index (κ3) is 5.31. The Morgan fingerprint density at radius 1 is 1.33 bits per heavy atom. The van der Waals surface area contributed by atoms with Crippen LogP contribution in [0.5, 0.6) is 0 Å². The fraction of sp³-hybridized carbons (Fsp3) is 0.667. The zero-order chi connectivity index (χ0) is 9.56. The molecule has 0 saturated heterocycles. The van der Waals surface area contributed by atoms with E-state index in [2.05, 4.69) is 18.9 Å². The van der Waals surface area contributed by atoms with E-state index in [1.807, 2.05) is 6.92 Å². The van der Waals surface area contributed by atoms with Crippen molar-refractivity contribution >= 4 is 13.9 Å². The zero-order valence-corrected chi connectivity index (χ0v) is 9.24. The van der Waals surface area contributed by atoms with Crippen molar-refractivity contribution in [3.63, 3.8) is 0 Å². The van der Waals surface area contributed by atoms with Crippen LogP contribution in [0.2, 0.25) is 0 Å². The van der Waals surface area contributed by atoms with Gasteiger partial charge in [-0.1, -0.05) is 13.8 Å². The Kier molecular flexibility index (Phi) is 6.00. The van der Waals surface area contributed by atoms with Crippen LogP contribution in [-0.4, -0.2) is 18.1 Å². The minimum Gasteiger partial charge on any atom is -0.368 e. The highest BCUT2D eigenvalue weighted by Crippen LogP contribution is 2.29. The van der Waals surface area contributed by atoms with E-state index in [9.17, 15) is 4.79 Å². The summed E-state index contributed by atoms with van der Waals surface area (Å²) in [6.45, 7) is 7.86. The Bertz CT molecular complexity index is 173. The Morgan fingerprint density at radius 3 is 2.17 bits per heavy atom. The van der Waals surface area contributed by atoms with Gasteiger partial charge in [-0.3, -0.25) is 4.79 Å². The number of hydrogen-bond donors (Lipinski definition) is 1. The number of carbonyl (C=O) groups is 1. The highest BCUT2D eigenvalue weighted by Gasteiger charge is 2.01. The minimum atomic E-state index is -0.0967. The second kappa shape index (κ2) is 6.19. The second-order valence-corrected chi connectivity index (χ2v) is 5.29. The molecule has 0 aromatic carbocycles. The SMILES string of the molecule is CCP(CC)N/C(C)=C\C(C)=O. The maximum absolute atomic E-state index is 10.7. The third-order valence-corrected chi connectivity index (χ3v) is 3.71. The summed E-state index contributed by atoms with van der Waals surface area (Å²) in [5.74, 6) is 0.113. The molecule has 0 rings (SSSR count). The van der Waals surface area contributed by atoms with Gasteiger partial charge in [-0.2, -0.15) is 0 Å². The van der Waals surface area contributed by atoms with Crippen LogP contribution in [0.25, 0.3) is 0 Å². The lowest BCUT2D eigenvalue weighted by atomic mass is 10.3. The van der Waals surface area contributed by atoms with E-state index in [0.29, 0.717) is 0 Å². The van der Waals surface area contributed by atoms with Crippen LogP contribution in [-0.2, 0) is 4.79 Å². The summed E-state index contributed by atoms with van der Waals surface area (Å²) >= 11 is 0. The second-order valence-electron chi connectivity index (χ2n) is 2.72. The Morgan fingerprint density at radius 2 is 1.83 bits per heavy atom. The van der Waals surface area contributed by atoms with Crippen LogP contribution in [0, 0.1) is 0 Å². The lowest BCUT2D eigenvalue weighted by Gasteiger charge is -2.16. The Balaban J connectivity index is 3.97. The topological polar surface area (TPSA) is 29.1 Å². The van der Waals surface area contributed by atoms with Crippen molar-refractivity contribution in [2.24, 2.45) is 0 Å². The Labute approximate surface area is 76.2 Å². The van der Waals surface area contributed by atoms with Crippen molar-refractivity contribution in [2.45, 2.75) is 27.7 Å². The van der Waals surface area contributed by atoms with Crippen molar-refractivity contribution in [3.05, 3.63) is 11.8 Å². The van der Waals surface area contributed by atoms with E-state index in [1.165, 1.54) is 0 Å². The molecule has 0 radical (unpaired) electrons. The molecule has 0 aliphatic rings. The van der Waals surface area contributed by atoms with Gasteiger partial charge < -0.3 is 5.09 Å². The first-order valence-corrected chi connectivity index (χ1v) is 6.01. The van der Waals surface area contributed by atoms with Gasteiger partial charge in [-0.15, -0.1) is 0 Å². The van der Waals surface area contributed by atoms with Gasteiger partial charge in [0.2, 0.25) is 0 Å². The number of ketones is 1. The molecule has 0 bridgehead atoms. The largest absolute Gasteiger partial charge is 0.368 e. The zero-order valence-electron chi connectivity index (χ0n) is 8.35. The smallest absolute Gasteiger partial charge is 0.154 e. The van der Waals surface area contributed by atoms with Gasteiger partial charge >= 0.3 is 0 Å². The molecule has 0 spiro atoms. The molecule has 0 amide bonds. The molecule has 3 heteroatoms. The number of hydrogen-bond acceptors (Lipinski definition) is 2. The number of carbonyl (C=O) groups excluding carboxylic acids is 1. The minimum absolute atomic E-state index is 0.0967. The van der Waals surface area contributed by atoms with Gasteiger partial charge in [0.25, 0.3) is 0 Å². The van der Waals surface area contributed by atoms with Gasteiger partial charge in [0.15, 0.2) is 5.78 Å². The third-order valence-electron chi connectivity index (χ3n) is 1.52. The van der Waals surface area contributed by atoms with E-state index in [-0.39, 0.29) is 13.9 Å². The van der Waals surface area contributed by atoms with Gasteiger partial charge in [-0.25, -0.2) is 0 Å². The molecule has 2 nitrogen and oxygen atoms in total. The summed E-state index contributed by atoms with van der Waals surface area (Å²) in [4.78, 5) is 10.7. The predicted octanol–water partition coefficient (Wildman–Crippen LogP) is 2.51. The fourth-order valence-corrected chi connectivity index (χ4v) is 2.30. The molecule has 1 N–H and O–H groups in total. The Hall–Kier alpha value is -0.360. The van der Waals surface area contributed by atoms with Crippen molar-refractivity contribution in [1.29, 1.82) is 0 Å². The first-order valence-electron chi connectivity index (χ1n) is 4.30. The van der Waals surface area contributed by atoms with Gasteiger partial charge in [0.05, 0.1) is 0 Å². The summed E-state index contributed by atoms with van der Waals surface area (Å²) in [6, 6.07) is 0. The van der Waals surface area contributed by atoms with Gasteiger partial charge in [-0.05, 0) is 40.3 Å². The lowest BCUT2D eigenvalue weighted by Crippen LogP contribution is -2.08. The monoisotopic (exact) mass is 187 g/mol. The first-order chi connectivity index (χ1) is 5.60. The molecule has 70 valence electrons. The lowest BCUT2D eigenvalue weighted by molar-refractivity contribution is -0.112. The molecular formula is C9H18NOP. The fourth-order valence-electron chi connectivity index (χ4n) is 0.968. The molecule has 0 atom stereocenters. The predicted molar refractivity (Wildman–Crippen MR) is 55.6 cm³/mol. The van der Waals surface area contributed by atoms with Crippen molar-refractivity contribution in [2.75, 3.05) is 12.3 Å². The maximum atomic E-state index is 10.7. The molecular weight excluding hydrogens is 169 g/mol.